The fourth-order valence-electron chi connectivity index (χ4n) is 1.15. The summed E-state index contributed by atoms with van der Waals surface area (Å²) in [6, 6.07) is 6.94. The first kappa shape index (κ1) is 15.1. The van der Waals surface area contributed by atoms with Crippen LogP contribution in [0.15, 0.2) is 24.3 Å². The van der Waals surface area contributed by atoms with E-state index < -0.39 is 0 Å². The van der Waals surface area contributed by atoms with Crippen LogP contribution < -0.4 is 11.1 Å². The Hall–Kier alpha value is -0.870. The highest BCUT2D eigenvalue weighted by Gasteiger charge is 2.03. The van der Waals surface area contributed by atoms with Gasteiger partial charge in [-0.2, -0.15) is 11.8 Å². The second-order valence-corrected chi connectivity index (χ2v) is 4.21. The van der Waals surface area contributed by atoms with Gasteiger partial charge in [0.2, 0.25) is 0 Å². The van der Waals surface area contributed by atoms with Gasteiger partial charge in [0.15, 0.2) is 0 Å². The third-order valence-electron chi connectivity index (χ3n) is 1.98. The van der Waals surface area contributed by atoms with Gasteiger partial charge in [-0.05, 0) is 42.7 Å². The van der Waals surface area contributed by atoms with E-state index >= 15 is 0 Å². The summed E-state index contributed by atoms with van der Waals surface area (Å²) in [5, 5.41) is 2.86. The Morgan fingerprint density at radius 1 is 1.38 bits per heavy atom. The van der Waals surface area contributed by atoms with Crippen LogP contribution in [0, 0.1) is 0 Å². The van der Waals surface area contributed by atoms with E-state index in [0.29, 0.717) is 11.3 Å². The monoisotopic (exact) mass is 260 g/mol. The molecule has 0 spiro atoms. The summed E-state index contributed by atoms with van der Waals surface area (Å²) < 4.78 is 0. The number of nitrogen functional groups attached to an aromatic ring is 1. The number of amides is 1. The largest absolute Gasteiger partial charge is 0.399 e. The molecule has 0 aromatic heterocycles. The smallest absolute Gasteiger partial charge is 0.251 e. The predicted octanol–water partition coefficient (Wildman–Crippen LogP) is 2.17. The van der Waals surface area contributed by atoms with Crippen molar-refractivity contribution in [2.45, 2.75) is 6.42 Å². The van der Waals surface area contributed by atoms with Gasteiger partial charge in [-0.15, -0.1) is 12.4 Å². The summed E-state index contributed by atoms with van der Waals surface area (Å²) in [6.07, 6.45) is 3.06. The molecule has 0 fully saturated rings. The predicted molar refractivity (Wildman–Crippen MR) is 73.4 cm³/mol. The molecule has 0 saturated carbocycles. The molecular weight excluding hydrogens is 244 g/mol. The van der Waals surface area contributed by atoms with Crippen molar-refractivity contribution in [3.8, 4) is 0 Å². The normalized spacial score (nSPS) is 9.31. The van der Waals surface area contributed by atoms with Crippen LogP contribution in [0.5, 0.6) is 0 Å². The summed E-state index contributed by atoms with van der Waals surface area (Å²) >= 11 is 1.78. The van der Waals surface area contributed by atoms with Crippen LogP contribution in [0.3, 0.4) is 0 Å². The fourth-order valence-corrected chi connectivity index (χ4v) is 1.59. The molecule has 1 aromatic rings. The number of nitrogens with two attached hydrogens (primary N) is 1. The van der Waals surface area contributed by atoms with Crippen LogP contribution in [-0.2, 0) is 0 Å². The maximum Gasteiger partial charge on any atom is 0.251 e. The van der Waals surface area contributed by atoms with Crippen molar-refractivity contribution in [2.24, 2.45) is 0 Å². The summed E-state index contributed by atoms with van der Waals surface area (Å²) in [5.41, 5.74) is 6.87. The lowest BCUT2D eigenvalue weighted by atomic mass is 10.2. The van der Waals surface area contributed by atoms with Crippen molar-refractivity contribution >= 4 is 35.8 Å². The van der Waals surface area contributed by atoms with Crippen molar-refractivity contribution in [1.82, 2.24) is 5.32 Å². The first-order valence-corrected chi connectivity index (χ1v) is 6.26. The number of benzene rings is 1. The van der Waals surface area contributed by atoms with Gasteiger partial charge in [-0.25, -0.2) is 0 Å². The van der Waals surface area contributed by atoms with Crippen LogP contribution in [-0.4, -0.2) is 24.5 Å². The molecule has 1 aromatic carbocycles. The van der Waals surface area contributed by atoms with E-state index in [2.05, 4.69) is 11.6 Å². The zero-order valence-corrected chi connectivity index (χ0v) is 10.9. The Balaban J connectivity index is 0.00000225. The maximum absolute atomic E-state index is 11.6. The minimum absolute atomic E-state index is 0. The number of halogens is 1. The number of carbonyl (C=O) groups excluding carboxylic acids is 1. The summed E-state index contributed by atoms with van der Waals surface area (Å²) in [7, 11) is 0. The first-order valence-electron chi connectivity index (χ1n) is 4.86. The SMILES string of the molecule is CSCCCNC(=O)c1ccc(N)cc1.Cl. The molecule has 16 heavy (non-hydrogen) atoms. The van der Waals surface area contributed by atoms with Gasteiger partial charge >= 0.3 is 0 Å². The molecule has 1 amide bonds. The number of hydrogen-bond acceptors (Lipinski definition) is 3. The highest BCUT2D eigenvalue weighted by molar-refractivity contribution is 7.98. The zero-order chi connectivity index (χ0) is 11.1. The van der Waals surface area contributed by atoms with Crippen molar-refractivity contribution in [3.05, 3.63) is 29.8 Å². The molecule has 0 aliphatic heterocycles. The fraction of sp³-hybridized carbons (Fsp3) is 0.364. The molecule has 0 bridgehead atoms. The van der Waals surface area contributed by atoms with Crippen molar-refractivity contribution in [3.63, 3.8) is 0 Å². The molecule has 0 radical (unpaired) electrons. The van der Waals surface area contributed by atoms with Crippen molar-refractivity contribution in [2.75, 3.05) is 24.3 Å². The molecule has 0 aliphatic carbocycles. The number of rotatable bonds is 5. The minimum Gasteiger partial charge on any atom is -0.399 e. The molecule has 0 heterocycles. The second-order valence-electron chi connectivity index (χ2n) is 3.22. The summed E-state index contributed by atoms with van der Waals surface area (Å²) in [5.74, 6) is 1.04. The average molecular weight is 261 g/mol. The number of anilines is 1. The van der Waals surface area contributed by atoms with Crippen LogP contribution in [0.2, 0.25) is 0 Å². The van der Waals surface area contributed by atoms with E-state index in [4.69, 9.17) is 5.73 Å². The number of thioether (sulfide) groups is 1. The standard InChI is InChI=1S/C11H16N2OS.ClH/c1-15-8-2-7-13-11(14)9-3-5-10(12)6-4-9;/h3-6H,2,7-8,12H2,1H3,(H,13,14);1H. The maximum atomic E-state index is 11.6. The molecule has 1 rings (SSSR count). The molecule has 0 atom stereocenters. The van der Waals surface area contributed by atoms with E-state index in [1.165, 1.54) is 0 Å². The van der Waals surface area contributed by atoms with Crippen LogP contribution >= 0.6 is 24.2 Å². The van der Waals surface area contributed by atoms with Crippen LogP contribution in [0.1, 0.15) is 16.8 Å². The van der Waals surface area contributed by atoms with Crippen LogP contribution in [0.4, 0.5) is 5.69 Å². The quantitative estimate of drug-likeness (QED) is 0.630. The highest BCUT2D eigenvalue weighted by atomic mass is 35.5. The third kappa shape index (κ3) is 5.28. The van der Waals surface area contributed by atoms with E-state index in [-0.39, 0.29) is 18.3 Å². The van der Waals surface area contributed by atoms with Gasteiger partial charge in [0, 0.05) is 17.8 Å². The molecule has 0 saturated heterocycles. The summed E-state index contributed by atoms with van der Waals surface area (Å²) in [6.45, 7) is 0.726. The van der Waals surface area contributed by atoms with Gasteiger partial charge in [0.25, 0.3) is 5.91 Å². The number of nitrogens with one attached hydrogen (secondary N) is 1. The zero-order valence-electron chi connectivity index (χ0n) is 9.23. The Kier molecular flexibility index (Phi) is 7.85. The van der Waals surface area contributed by atoms with E-state index in [0.717, 1.165) is 18.7 Å². The first-order chi connectivity index (χ1) is 7.24. The minimum atomic E-state index is -0.0314. The Bertz CT molecular complexity index is 316. The Labute approximate surface area is 107 Å². The Morgan fingerprint density at radius 3 is 2.56 bits per heavy atom. The number of carbonyl (C=O) groups is 1. The van der Waals surface area contributed by atoms with Gasteiger partial charge in [0.1, 0.15) is 0 Å². The topological polar surface area (TPSA) is 55.1 Å². The van der Waals surface area contributed by atoms with Crippen molar-refractivity contribution < 1.29 is 4.79 Å². The molecule has 3 N–H and O–H groups in total. The summed E-state index contributed by atoms with van der Waals surface area (Å²) in [4.78, 5) is 11.6. The lowest BCUT2D eigenvalue weighted by Gasteiger charge is -2.04. The molecule has 90 valence electrons. The number of hydrogen-bond donors (Lipinski definition) is 2. The molecule has 0 aliphatic rings. The lowest BCUT2D eigenvalue weighted by Crippen LogP contribution is -2.24. The lowest BCUT2D eigenvalue weighted by molar-refractivity contribution is 0.0954. The van der Waals surface area contributed by atoms with Gasteiger partial charge in [-0.3, -0.25) is 4.79 Å². The molecule has 0 unspecified atom stereocenters. The molecule has 3 nitrogen and oxygen atoms in total. The van der Waals surface area contributed by atoms with Gasteiger partial charge in [0.05, 0.1) is 0 Å². The highest BCUT2D eigenvalue weighted by Crippen LogP contribution is 2.05. The molecule has 5 heteroatoms. The van der Waals surface area contributed by atoms with Crippen molar-refractivity contribution in [1.29, 1.82) is 0 Å². The molecular formula is C11H17ClN2OS. The van der Waals surface area contributed by atoms with E-state index in [9.17, 15) is 4.79 Å². The van der Waals surface area contributed by atoms with Gasteiger partial charge in [-0.1, -0.05) is 0 Å². The van der Waals surface area contributed by atoms with E-state index in [1.807, 2.05) is 0 Å². The third-order valence-corrected chi connectivity index (χ3v) is 2.68. The average Bonchev–Trinajstić information content (AvgIpc) is 2.25. The van der Waals surface area contributed by atoms with Crippen LogP contribution in [0.25, 0.3) is 0 Å². The van der Waals surface area contributed by atoms with E-state index in [1.54, 1.807) is 36.0 Å². The van der Waals surface area contributed by atoms with Gasteiger partial charge < -0.3 is 11.1 Å². The Morgan fingerprint density at radius 2 is 2.00 bits per heavy atom. The second kappa shape index (κ2) is 8.30.